The molecule has 1 heterocycles. The van der Waals surface area contributed by atoms with Crippen LogP contribution < -0.4 is 5.32 Å². The molecule has 1 N–H and O–H groups in total. The number of para-hydroxylation sites is 1. The van der Waals surface area contributed by atoms with E-state index < -0.39 is 0 Å². The Morgan fingerprint density at radius 3 is 2.86 bits per heavy atom. The molecule has 1 aromatic carbocycles. The number of carbonyl (C=O) groups is 1. The van der Waals surface area contributed by atoms with Gasteiger partial charge in [0.05, 0.1) is 6.26 Å². The smallest absolute Gasteiger partial charge is 0.291 e. The van der Waals surface area contributed by atoms with Gasteiger partial charge in [0.25, 0.3) is 5.91 Å². The highest BCUT2D eigenvalue weighted by Gasteiger charge is 2.07. The first-order valence-electron chi connectivity index (χ1n) is 4.18. The standard InChI is InChI=1S/C11H8NO2/c13-11(10-7-4-8-14-10)12-9-5-2-1-3-6-9/h1-5,7-8H,(H,12,13). The molecule has 1 aromatic heterocycles. The molecular formula is C11H8NO2. The number of rotatable bonds is 2. The Labute approximate surface area is 81.4 Å². The summed E-state index contributed by atoms with van der Waals surface area (Å²) in [6, 6.07) is 13.3. The lowest BCUT2D eigenvalue weighted by Crippen LogP contribution is -2.10. The minimum Gasteiger partial charge on any atom is -0.459 e. The Morgan fingerprint density at radius 2 is 2.21 bits per heavy atom. The topological polar surface area (TPSA) is 42.2 Å². The third-order valence-corrected chi connectivity index (χ3v) is 1.70. The van der Waals surface area contributed by atoms with Crippen LogP contribution in [0.15, 0.2) is 47.1 Å². The molecular weight excluding hydrogens is 178 g/mol. The highest BCUT2D eigenvalue weighted by Crippen LogP contribution is 2.07. The number of hydrogen-bond donors (Lipinski definition) is 1. The molecule has 0 saturated heterocycles. The number of carbonyl (C=O) groups excluding carboxylic acids is 1. The molecule has 14 heavy (non-hydrogen) atoms. The molecule has 1 radical (unpaired) electrons. The van der Waals surface area contributed by atoms with Crippen LogP contribution in [0.25, 0.3) is 0 Å². The summed E-state index contributed by atoms with van der Waals surface area (Å²) >= 11 is 0. The summed E-state index contributed by atoms with van der Waals surface area (Å²) in [5, 5.41) is 2.66. The summed E-state index contributed by atoms with van der Waals surface area (Å²) in [5.41, 5.74) is 0.633. The highest BCUT2D eigenvalue weighted by molar-refractivity contribution is 6.02. The van der Waals surface area contributed by atoms with Crippen molar-refractivity contribution in [2.24, 2.45) is 0 Å². The molecule has 0 aliphatic rings. The van der Waals surface area contributed by atoms with Crippen LogP contribution in [0.4, 0.5) is 5.69 Å². The van der Waals surface area contributed by atoms with Crippen molar-refractivity contribution in [3.8, 4) is 0 Å². The van der Waals surface area contributed by atoms with Gasteiger partial charge in [0.1, 0.15) is 0 Å². The van der Waals surface area contributed by atoms with Crippen LogP contribution >= 0.6 is 0 Å². The minimum absolute atomic E-state index is 0.266. The maximum atomic E-state index is 11.5. The van der Waals surface area contributed by atoms with Gasteiger partial charge in [-0.25, -0.2) is 0 Å². The second-order valence-corrected chi connectivity index (χ2v) is 2.71. The number of hydrogen-bond acceptors (Lipinski definition) is 2. The minimum atomic E-state index is -0.266. The largest absolute Gasteiger partial charge is 0.459 e. The van der Waals surface area contributed by atoms with Gasteiger partial charge < -0.3 is 9.73 Å². The van der Waals surface area contributed by atoms with Gasteiger partial charge in [-0.3, -0.25) is 4.79 Å². The first kappa shape index (κ1) is 8.56. The number of amides is 1. The number of nitrogens with one attached hydrogen (secondary N) is 1. The van der Waals surface area contributed by atoms with Gasteiger partial charge in [0.15, 0.2) is 5.76 Å². The third-order valence-electron chi connectivity index (χ3n) is 1.70. The Morgan fingerprint density at radius 1 is 1.29 bits per heavy atom. The summed E-state index contributed by atoms with van der Waals surface area (Å²) in [6.07, 6.45) is 1.46. The predicted octanol–water partition coefficient (Wildman–Crippen LogP) is 2.33. The molecule has 3 nitrogen and oxygen atoms in total. The molecule has 1 amide bonds. The maximum Gasteiger partial charge on any atom is 0.291 e. The molecule has 0 aliphatic carbocycles. The zero-order valence-electron chi connectivity index (χ0n) is 7.36. The normalized spacial score (nSPS) is 9.71. The fourth-order valence-corrected chi connectivity index (χ4v) is 1.06. The summed E-state index contributed by atoms with van der Waals surface area (Å²) in [6.45, 7) is 0. The average molecular weight is 186 g/mol. The molecule has 0 saturated carbocycles. The van der Waals surface area contributed by atoms with E-state index in [1.54, 1.807) is 24.3 Å². The van der Waals surface area contributed by atoms with E-state index in [0.29, 0.717) is 11.4 Å². The fraction of sp³-hybridized carbons (Fsp3) is 0. The van der Waals surface area contributed by atoms with Gasteiger partial charge in [-0.2, -0.15) is 0 Å². The van der Waals surface area contributed by atoms with Gasteiger partial charge in [-0.05, 0) is 18.2 Å². The van der Waals surface area contributed by atoms with Gasteiger partial charge in [-0.1, -0.05) is 18.2 Å². The molecule has 3 heteroatoms. The van der Waals surface area contributed by atoms with E-state index in [9.17, 15) is 4.79 Å². The van der Waals surface area contributed by atoms with Gasteiger partial charge in [-0.15, -0.1) is 0 Å². The van der Waals surface area contributed by atoms with Crippen LogP contribution in [-0.4, -0.2) is 5.91 Å². The predicted molar refractivity (Wildman–Crippen MR) is 51.9 cm³/mol. The van der Waals surface area contributed by atoms with Crippen LogP contribution in [0.2, 0.25) is 0 Å². The lowest BCUT2D eigenvalue weighted by molar-refractivity contribution is 0.0996. The molecule has 0 atom stereocenters. The molecule has 0 bridgehead atoms. The molecule has 2 aromatic rings. The van der Waals surface area contributed by atoms with Crippen molar-refractivity contribution in [1.29, 1.82) is 0 Å². The zero-order chi connectivity index (χ0) is 9.80. The highest BCUT2D eigenvalue weighted by atomic mass is 16.3. The van der Waals surface area contributed by atoms with Crippen LogP contribution in [0.3, 0.4) is 0 Å². The molecule has 69 valence electrons. The Kier molecular flexibility index (Phi) is 2.32. The van der Waals surface area contributed by atoms with Crippen molar-refractivity contribution in [3.05, 3.63) is 54.5 Å². The summed E-state index contributed by atoms with van der Waals surface area (Å²) in [4.78, 5) is 11.5. The first-order valence-corrected chi connectivity index (χ1v) is 4.18. The lowest BCUT2D eigenvalue weighted by Gasteiger charge is -2.00. The van der Waals surface area contributed by atoms with Crippen molar-refractivity contribution in [2.75, 3.05) is 5.32 Å². The Balaban J connectivity index is 2.10. The van der Waals surface area contributed by atoms with E-state index >= 15 is 0 Å². The summed E-state index contributed by atoms with van der Waals surface area (Å²) < 4.78 is 4.94. The van der Waals surface area contributed by atoms with Crippen LogP contribution in [0.1, 0.15) is 10.6 Å². The maximum absolute atomic E-state index is 11.5. The average Bonchev–Trinajstić information content (AvgIpc) is 2.72. The van der Waals surface area contributed by atoms with E-state index in [1.165, 1.54) is 6.26 Å². The van der Waals surface area contributed by atoms with Crippen molar-refractivity contribution >= 4 is 11.6 Å². The third kappa shape index (κ3) is 1.82. The first-order chi connectivity index (χ1) is 6.86. The van der Waals surface area contributed by atoms with Crippen molar-refractivity contribution in [2.45, 2.75) is 0 Å². The second-order valence-electron chi connectivity index (χ2n) is 2.71. The van der Waals surface area contributed by atoms with Gasteiger partial charge >= 0.3 is 0 Å². The van der Waals surface area contributed by atoms with E-state index in [1.807, 2.05) is 12.1 Å². The Hall–Kier alpha value is -2.03. The summed E-state index contributed by atoms with van der Waals surface area (Å²) in [7, 11) is 0. The van der Waals surface area contributed by atoms with Crippen LogP contribution in [-0.2, 0) is 0 Å². The fourth-order valence-electron chi connectivity index (χ4n) is 1.06. The van der Waals surface area contributed by atoms with Gasteiger partial charge in [0, 0.05) is 11.8 Å². The quantitative estimate of drug-likeness (QED) is 0.782. The molecule has 0 spiro atoms. The number of benzene rings is 1. The molecule has 0 unspecified atom stereocenters. The molecule has 0 aliphatic heterocycles. The molecule has 2 rings (SSSR count). The number of anilines is 1. The van der Waals surface area contributed by atoms with Crippen LogP contribution in [0.5, 0.6) is 0 Å². The SMILES string of the molecule is O=C(Nc1[c]cccc1)c1ccco1. The lowest BCUT2D eigenvalue weighted by atomic mass is 10.3. The van der Waals surface area contributed by atoms with E-state index in [0.717, 1.165) is 0 Å². The monoisotopic (exact) mass is 186 g/mol. The van der Waals surface area contributed by atoms with E-state index in [2.05, 4.69) is 11.4 Å². The molecule has 0 fully saturated rings. The Bertz CT molecular complexity index is 406. The second kappa shape index (κ2) is 3.79. The van der Waals surface area contributed by atoms with E-state index in [4.69, 9.17) is 4.42 Å². The van der Waals surface area contributed by atoms with Crippen molar-refractivity contribution in [3.63, 3.8) is 0 Å². The van der Waals surface area contributed by atoms with Crippen molar-refractivity contribution < 1.29 is 9.21 Å². The summed E-state index contributed by atoms with van der Waals surface area (Å²) in [5.74, 6) is 0.0275. The number of furan rings is 1. The van der Waals surface area contributed by atoms with E-state index in [-0.39, 0.29) is 5.91 Å². The van der Waals surface area contributed by atoms with Crippen molar-refractivity contribution in [1.82, 2.24) is 0 Å². The zero-order valence-corrected chi connectivity index (χ0v) is 7.36. The van der Waals surface area contributed by atoms with Gasteiger partial charge in [0.2, 0.25) is 0 Å². The van der Waals surface area contributed by atoms with Crippen LogP contribution in [0, 0.1) is 6.07 Å².